The molecule has 2 N–H and O–H groups in total. The summed E-state index contributed by atoms with van der Waals surface area (Å²) in [5.74, 6) is 0. The lowest BCUT2D eigenvalue weighted by Gasteiger charge is -2.21. The van der Waals surface area contributed by atoms with E-state index in [2.05, 4.69) is 10.6 Å². The number of nitro groups is 1. The minimum absolute atomic E-state index is 0.0558. The SMILES string of the molecule is CCCC/C=C(\C=C/C(C)(C)NC(=O)NC)[N+](=O)[O-]. The molecule has 0 aromatic rings. The summed E-state index contributed by atoms with van der Waals surface area (Å²) in [6.07, 6.45) is 7.25. The van der Waals surface area contributed by atoms with Crippen LogP contribution in [0.25, 0.3) is 0 Å². The van der Waals surface area contributed by atoms with Crippen molar-refractivity contribution in [2.24, 2.45) is 0 Å². The zero-order valence-electron chi connectivity index (χ0n) is 12.0. The van der Waals surface area contributed by atoms with Gasteiger partial charge in [-0.05, 0) is 32.8 Å². The number of urea groups is 1. The first-order valence-corrected chi connectivity index (χ1v) is 6.36. The predicted molar refractivity (Wildman–Crippen MR) is 75.4 cm³/mol. The van der Waals surface area contributed by atoms with Crippen molar-refractivity contribution in [3.8, 4) is 0 Å². The molecule has 108 valence electrons. The van der Waals surface area contributed by atoms with E-state index in [0.717, 1.165) is 12.8 Å². The van der Waals surface area contributed by atoms with E-state index in [-0.39, 0.29) is 11.7 Å². The number of hydrogen-bond donors (Lipinski definition) is 2. The molecular formula is C13H23N3O3. The maximum atomic E-state index is 11.2. The standard InChI is InChI=1S/C13H23N3O3/c1-5-6-7-8-11(16(18)19)9-10-13(2,3)15-12(17)14-4/h8-10H,5-7H2,1-4H3,(H2,14,15,17)/b10-9-,11-8+. The Morgan fingerprint density at radius 2 is 2.05 bits per heavy atom. The number of unbranched alkanes of at least 4 members (excludes halogenated alkanes) is 2. The molecule has 2 amide bonds. The molecule has 0 spiro atoms. The molecule has 19 heavy (non-hydrogen) atoms. The average Bonchev–Trinajstić information content (AvgIpc) is 2.32. The van der Waals surface area contributed by atoms with Gasteiger partial charge in [0.05, 0.1) is 10.5 Å². The van der Waals surface area contributed by atoms with Gasteiger partial charge in [-0.2, -0.15) is 0 Å². The van der Waals surface area contributed by atoms with Gasteiger partial charge in [0, 0.05) is 13.1 Å². The van der Waals surface area contributed by atoms with Crippen LogP contribution in [0.3, 0.4) is 0 Å². The Hall–Kier alpha value is -1.85. The Morgan fingerprint density at radius 1 is 1.42 bits per heavy atom. The zero-order chi connectivity index (χ0) is 14.9. The predicted octanol–water partition coefficient (Wildman–Crippen LogP) is 2.60. The van der Waals surface area contributed by atoms with Crippen molar-refractivity contribution in [1.29, 1.82) is 0 Å². The van der Waals surface area contributed by atoms with E-state index in [1.165, 1.54) is 13.1 Å². The summed E-state index contributed by atoms with van der Waals surface area (Å²) in [6.45, 7) is 5.57. The number of carbonyl (C=O) groups is 1. The van der Waals surface area contributed by atoms with Gasteiger partial charge in [-0.25, -0.2) is 4.79 Å². The van der Waals surface area contributed by atoms with Gasteiger partial charge in [0.2, 0.25) is 0 Å². The molecule has 0 bridgehead atoms. The number of hydrogen-bond acceptors (Lipinski definition) is 3. The van der Waals surface area contributed by atoms with Crippen LogP contribution in [0.5, 0.6) is 0 Å². The van der Waals surface area contributed by atoms with E-state index in [9.17, 15) is 14.9 Å². The second-order valence-electron chi connectivity index (χ2n) is 4.79. The third-order valence-corrected chi connectivity index (χ3v) is 2.46. The van der Waals surface area contributed by atoms with Gasteiger partial charge in [0.25, 0.3) is 5.70 Å². The molecule has 0 heterocycles. The Bertz CT molecular complexity index is 373. The number of carbonyl (C=O) groups excluding carboxylic acids is 1. The number of amides is 2. The molecule has 0 aliphatic rings. The Kier molecular flexibility index (Phi) is 7.48. The topological polar surface area (TPSA) is 84.3 Å². The van der Waals surface area contributed by atoms with Crippen molar-refractivity contribution in [2.45, 2.75) is 45.6 Å². The molecule has 0 saturated carbocycles. The first kappa shape index (κ1) is 17.2. The van der Waals surface area contributed by atoms with Crippen LogP contribution < -0.4 is 10.6 Å². The lowest BCUT2D eigenvalue weighted by molar-refractivity contribution is -0.419. The van der Waals surface area contributed by atoms with Gasteiger partial charge < -0.3 is 10.6 Å². The Morgan fingerprint density at radius 3 is 2.53 bits per heavy atom. The molecule has 0 aliphatic heterocycles. The summed E-state index contributed by atoms with van der Waals surface area (Å²) >= 11 is 0. The minimum atomic E-state index is -0.653. The van der Waals surface area contributed by atoms with Crippen LogP contribution in [-0.2, 0) is 0 Å². The van der Waals surface area contributed by atoms with Crippen molar-refractivity contribution in [1.82, 2.24) is 10.6 Å². The van der Waals surface area contributed by atoms with Crippen LogP contribution in [0, 0.1) is 10.1 Å². The van der Waals surface area contributed by atoms with Gasteiger partial charge in [-0.1, -0.05) is 19.4 Å². The normalized spacial score (nSPS) is 12.5. The number of nitrogens with zero attached hydrogens (tertiary/aromatic N) is 1. The summed E-state index contributed by atoms with van der Waals surface area (Å²) in [7, 11) is 1.52. The first-order chi connectivity index (χ1) is 8.82. The highest BCUT2D eigenvalue weighted by atomic mass is 16.6. The van der Waals surface area contributed by atoms with E-state index in [4.69, 9.17) is 0 Å². The minimum Gasteiger partial charge on any atom is -0.341 e. The molecule has 0 unspecified atom stereocenters. The van der Waals surface area contributed by atoms with Crippen molar-refractivity contribution < 1.29 is 9.72 Å². The van der Waals surface area contributed by atoms with E-state index >= 15 is 0 Å². The molecule has 0 fully saturated rings. The van der Waals surface area contributed by atoms with Crippen molar-refractivity contribution in [2.75, 3.05) is 7.05 Å². The fraction of sp³-hybridized carbons (Fsp3) is 0.615. The largest absolute Gasteiger partial charge is 0.341 e. The molecule has 0 atom stereocenters. The molecule has 0 aliphatic carbocycles. The van der Waals surface area contributed by atoms with Crippen LogP contribution in [0.2, 0.25) is 0 Å². The Labute approximate surface area is 114 Å². The summed E-state index contributed by atoms with van der Waals surface area (Å²) < 4.78 is 0. The van der Waals surface area contributed by atoms with Crippen LogP contribution >= 0.6 is 0 Å². The van der Waals surface area contributed by atoms with Gasteiger partial charge in [0.1, 0.15) is 0 Å². The molecule has 0 saturated heterocycles. The monoisotopic (exact) mass is 269 g/mol. The highest BCUT2D eigenvalue weighted by Gasteiger charge is 2.17. The van der Waals surface area contributed by atoms with Crippen molar-refractivity contribution >= 4 is 6.03 Å². The van der Waals surface area contributed by atoms with E-state index in [0.29, 0.717) is 6.42 Å². The van der Waals surface area contributed by atoms with Crippen LogP contribution in [0.4, 0.5) is 4.79 Å². The van der Waals surface area contributed by atoms with E-state index in [1.54, 1.807) is 26.0 Å². The fourth-order valence-corrected chi connectivity index (χ4v) is 1.35. The molecule has 0 aromatic heterocycles. The Balaban J connectivity index is 4.73. The van der Waals surface area contributed by atoms with Crippen LogP contribution in [0.15, 0.2) is 23.9 Å². The molecular weight excluding hydrogens is 246 g/mol. The summed E-state index contributed by atoms with van der Waals surface area (Å²) in [5, 5.41) is 16.0. The molecule has 0 rings (SSSR count). The molecule has 0 aromatic carbocycles. The zero-order valence-corrected chi connectivity index (χ0v) is 12.0. The second-order valence-corrected chi connectivity index (χ2v) is 4.79. The fourth-order valence-electron chi connectivity index (χ4n) is 1.35. The van der Waals surface area contributed by atoms with Gasteiger partial charge in [0.15, 0.2) is 0 Å². The lowest BCUT2D eigenvalue weighted by Crippen LogP contribution is -2.46. The maximum absolute atomic E-state index is 11.2. The first-order valence-electron chi connectivity index (χ1n) is 6.36. The van der Waals surface area contributed by atoms with Gasteiger partial charge in [-0.15, -0.1) is 0 Å². The maximum Gasteiger partial charge on any atom is 0.315 e. The molecule has 6 nitrogen and oxygen atoms in total. The lowest BCUT2D eigenvalue weighted by atomic mass is 10.0. The smallest absolute Gasteiger partial charge is 0.315 e. The number of allylic oxidation sites excluding steroid dienone is 2. The van der Waals surface area contributed by atoms with E-state index < -0.39 is 10.5 Å². The van der Waals surface area contributed by atoms with Crippen LogP contribution in [0.1, 0.15) is 40.0 Å². The van der Waals surface area contributed by atoms with Crippen molar-refractivity contribution in [3.05, 3.63) is 34.0 Å². The third-order valence-electron chi connectivity index (χ3n) is 2.46. The van der Waals surface area contributed by atoms with Gasteiger partial charge in [-0.3, -0.25) is 10.1 Å². The summed E-state index contributed by atoms with van der Waals surface area (Å²) in [5.41, 5.74) is -0.597. The third kappa shape index (κ3) is 7.96. The highest BCUT2D eigenvalue weighted by Crippen LogP contribution is 2.09. The highest BCUT2D eigenvalue weighted by molar-refractivity contribution is 5.74. The number of nitrogens with one attached hydrogen (secondary N) is 2. The van der Waals surface area contributed by atoms with E-state index in [1.807, 2.05) is 6.92 Å². The van der Waals surface area contributed by atoms with Crippen molar-refractivity contribution in [3.63, 3.8) is 0 Å². The quantitative estimate of drug-likeness (QED) is 0.322. The van der Waals surface area contributed by atoms with Crippen LogP contribution in [-0.4, -0.2) is 23.5 Å². The summed E-state index contributed by atoms with van der Waals surface area (Å²) in [4.78, 5) is 21.7. The second kappa shape index (κ2) is 8.29. The summed E-state index contributed by atoms with van der Waals surface area (Å²) in [6, 6.07) is -0.327. The average molecular weight is 269 g/mol. The molecule has 0 radical (unpaired) electrons. The molecule has 6 heteroatoms. The number of rotatable bonds is 7. The van der Waals surface area contributed by atoms with Gasteiger partial charge >= 0.3 is 6.03 Å².